The number of carbonyl (C=O) groups is 2. The molecule has 1 N–H and O–H groups in total. The Morgan fingerprint density at radius 1 is 1.10 bits per heavy atom. The van der Waals surface area contributed by atoms with Crippen molar-refractivity contribution >= 4 is 18.1 Å². The molecule has 1 unspecified atom stereocenters. The van der Waals surface area contributed by atoms with Gasteiger partial charge in [0.25, 0.3) is 0 Å². The number of ether oxygens (including phenoxy) is 3. The molecule has 1 atom stereocenters. The summed E-state index contributed by atoms with van der Waals surface area (Å²) in [5, 5.41) is 3.34. The van der Waals surface area contributed by atoms with Gasteiger partial charge in [0.2, 0.25) is 0 Å². The van der Waals surface area contributed by atoms with E-state index in [2.05, 4.69) is 15.2 Å². The van der Waals surface area contributed by atoms with E-state index in [1.54, 1.807) is 16.9 Å². The highest BCUT2D eigenvalue weighted by Gasteiger charge is 2.36. The van der Waals surface area contributed by atoms with Crippen LogP contribution in [0.1, 0.15) is 41.5 Å². The molecule has 1 fully saturated rings. The highest BCUT2D eigenvalue weighted by Crippen LogP contribution is 2.18. The van der Waals surface area contributed by atoms with E-state index in [4.69, 9.17) is 14.2 Å². The summed E-state index contributed by atoms with van der Waals surface area (Å²) in [5.41, 5.74) is -1.05. The maximum absolute atomic E-state index is 12.4. The molecule has 0 aliphatic carbocycles. The van der Waals surface area contributed by atoms with Crippen LogP contribution in [-0.4, -0.2) is 110 Å². The molecule has 0 aromatic heterocycles. The normalized spacial score (nSPS) is 18.9. The molecule has 0 aromatic carbocycles. The van der Waals surface area contributed by atoms with Crippen molar-refractivity contribution in [1.29, 1.82) is 0 Å². The highest BCUT2D eigenvalue weighted by atomic mass is 16.6. The van der Waals surface area contributed by atoms with Crippen LogP contribution in [0.4, 0.5) is 9.59 Å². The summed E-state index contributed by atoms with van der Waals surface area (Å²) in [6, 6.07) is 0.138. The minimum Gasteiger partial charge on any atom is -0.444 e. The lowest BCUT2D eigenvalue weighted by atomic mass is 10.2. The quantitative estimate of drug-likeness (QED) is 0.671. The predicted molar refractivity (Wildman–Crippen MR) is 118 cm³/mol. The molecule has 0 bridgehead atoms. The van der Waals surface area contributed by atoms with Gasteiger partial charge in [0, 0.05) is 46.4 Å². The minimum atomic E-state index is -0.549. The van der Waals surface area contributed by atoms with Crippen LogP contribution in [-0.2, 0) is 14.2 Å². The number of guanidine groups is 1. The lowest BCUT2D eigenvalue weighted by Gasteiger charge is -2.39. The van der Waals surface area contributed by atoms with Crippen LogP contribution in [0.15, 0.2) is 4.99 Å². The van der Waals surface area contributed by atoms with Gasteiger partial charge in [-0.05, 0) is 41.5 Å². The lowest BCUT2D eigenvalue weighted by Crippen LogP contribution is -2.58. The summed E-state index contributed by atoms with van der Waals surface area (Å²) in [6.07, 6.45) is -0.636. The van der Waals surface area contributed by atoms with E-state index < -0.39 is 11.2 Å². The first-order valence-electron chi connectivity index (χ1n) is 10.9. The van der Waals surface area contributed by atoms with Crippen molar-refractivity contribution < 1.29 is 23.8 Å². The van der Waals surface area contributed by atoms with Crippen molar-refractivity contribution in [2.24, 2.45) is 4.99 Å². The Bertz CT molecular complexity index is 656. The van der Waals surface area contributed by atoms with E-state index in [1.807, 2.05) is 41.5 Å². The lowest BCUT2D eigenvalue weighted by molar-refractivity contribution is 0.0137. The molecule has 0 saturated carbocycles. The number of carbonyl (C=O) groups excluding carboxylic acids is 2. The molecule has 0 radical (unpaired) electrons. The van der Waals surface area contributed by atoms with Gasteiger partial charge in [0.05, 0.1) is 19.2 Å². The van der Waals surface area contributed by atoms with Gasteiger partial charge in [-0.25, -0.2) is 9.59 Å². The average molecular weight is 442 g/mol. The largest absolute Gasteiger partial charge is 0.444 e. The average Bonchev–Trinajstić information content (AvgIpc) is 3.04. The minimum absolute atomic E-state index is 0.138. The molecule has 2 amide bonds. The number of piperazine rings is 1. The number of methoxy groups -OCH3 is 1. The van der Waals surface area contributed by atoms with E-state index >= 15 is 0 Å². The summed E-state index contributed by atoms with van der Waals surface area (Å²) < 4.78 is 16.1. The van der Waals surface area contributed by atoms with E-state index in [0.717, 1.165) is 5.96 Å². The van der Waals surface area contributed by atoms with Crippen molar-refractivity contribution in [2.75, 3.05) is 59.5 Å². The maximum Gasteiger partial charge on any atom is 0.410 e. The van der Waals surface area contributed by atoms with Crippen LogP contribution in [0.3, 0.4) is 0 Å². The summed E-state index contributed by atoms with van der Waals surface area (Å²) in [4.78, 5) is 35.0. The first-order chi connectivity index (χ1) is 14.4. The molecule has 178 valence electrons. The van der Waals surface area contributed by atoms with Crippen LogP contribution in [0.5, 0.6) is 0 Å². The second-order valence-corrected chi connectivity index (χ2v) is 9.82. The molecule has 2 aliphatic rings. The topological polar surface area (TPSA) is 95.9 Å². The van der Waals surface area contributed by atoms with Gasteiger partial charge in [0.1, 0.15) is 11.2 Å². The van der Waals surface area contributed by atoms with Crippen LogP contribution in [0.25, 0.3) is 0 Å². The molecule has 10 heteroatoms. The Morgan fingerprint density at radius 3 is 2.39 bits per heavy atom. The van der Waals surface area contributed by atoms with E-state index in [9.17, 15) is 9.59 Å². The van der Waals surface area contributed by atoms with E-state index in [1.165, 1.54) is 0 Å². The van der Waals surface area contributed by atoms with Gasteiger partial charge in [-0.15, -0.1) is 0 Å². The first-order valence-corrected chi connectivity index (χ1v) is 10.9. The standard InChI is InChI=1S/C21H39N5O5/c1-20(2,3)30-18(27)24(12-13-29-7)9-8-22-17-23-14-16-15-25(10-11-26(16)17)19(28)31-21(4,5)6/h16H,8-15H2,1-7H3,(H,22,23). The fourth-order valence-corrected chi connectivity index (χ4v) is 3.35. The number of nitrogens with zero attached hydrogens (tertiary/aromatic N) is 4. The number of rotatable bonds is 6. The van der Waals surface area contributed by atoms with Gasteiger partial charge in [-0.2, -0.15) is 0 Å². The first kappa shape index (κ1) is 25.0. The maximum atomic E-state index is 12.4. The Labute approximate surface area is 185 Å². The van der Waals surface area contributed by atoms with Crippen molar-refractivity contribution in [3.05, 3.63) is 0 Å². The number of aliphatic imine (C=N–C) groups is 1. The molecule has 10 nitrogen and oxygen atoms in total. The third kappa shape index (κ3) is 8.08. The van der Waals surface area contributed by atoms with Crippen LogP contribution in [0.2, 0.25) is 0 Å². The fraction of sp³-hybridized carbons (Fsp3) is 0.857. The Balaban J connectivity index is 1.82. The number of amides is 2. The second kappa shape index (κ2) is 10.4. The third-order valence-electron chi connectivity index (χ3n) is 4.74. The Kier molecular flexibility index (Phi) is 8.39. The number of hydrogen-bond acceptors (Lipinski definition) is 8. The second-order valence-electron chi connectivity index (χ2n) is 9.82. The molecule has 0 aromatic rings. The Hall–Kier alpha value is -2.23. The van der Waals surface area contributed by atoms with Gasteiger partial charge < -0.3 is 34.2 Å². The smallest absolute Gasteiger partial charge is 0.410 e. The SMILES string of the molecule is COCCN(CCNC1=NCC2CN(C(=O)OC(C)(C)C)CCN12)C(=O)OC(C)(C)C. The van der Waals surface area contributed by atoms with Gasteiger partial charge in [0.15, 0.2) is 5.96 Å². The zero-order chi connectivity index (χ0) is 23.2. The molecule has 0 spiro atoms. The highest BCUT2D eigenvalue weighted by molar-refractivity contribution is 5.82. The third-order valence-corrected chi connectivity index (χ3v) is 4.74. The van der Waals surface area contributed by atoms with Crippen molar-refractivity contribution in [3.8, 4) is 0 Å². The van der Waals surface area contributed by atoms with Crippen molar-refractivity contribution in [2.45, 2.75) is 58.8 Å². The van der Waals surface area contributed by atoms with E-state index in [-0.39, 0.29) is 18.2 Å². The molecular weight excluding hydrogens is 402 g/mol. The fourth-order valence-electron chi connectivity index (χ4n) is 3.35. The predicted octanol–water partition coefficient (Wildman–Crippen LogP) is 1.75. The molecule has 1 saturated heterocycles. The summed E-state index contributed by atoms with van der Waals surface area (Å²) in [7, 11) is 1.61. The zero-order valence-electron chi connectivity index (χ0n) is 20.1. The van der Waals surface area contributed by atoms with Gasteiger partial charge >= 0.3 is 12.2 Å². The Morgan fingerprint density at radius 2 is 1.77 bits per heavy atom. The van der Waals surface area contributed by atoms with E-state index in [0.29, 0.717) is 52.4 Å². The van der Waals surface area contributed by atoms with Gasteiger partial charge in [-0.3, -0.25) is 4.99 Å². The number of nitrogens with one attached hydrogen (secondary N) is 1. The summed E-state index contributed by atoms with van der Waals surface area (Å²) in [5.74, 6) is 0.810. The van der Waals surface area contributed by atoms with Gasteiger partial charge in [-0.1, -0.05) is 0 Å². The summed E-state index contributed by atoms with van der Waals surface area (Å²) in [6.45, 7) is 15.6. The van der Waals surface area contributed by atoms with Crippen LogP contribution in [0, 0.1) is 0 Å². The number of hydrogen-bond donors (Lipinski definition) is 1. The molecule has 31 heavy (non-hydrogen) atoms. The number of fused-ring (bicyclic) bond motifs is 1. The molecule has 2 rings (SSSR count). The molecule has 2 heterocycles. The molecular formula is C21H39N5O5. The van der Waals surface area contributed by atoms with Crippen molar-refractivity contribution in [1.82, 2.24) is 20.0 Å². The summed E-state index contributed by atoms with van der Waals surface area (Å²) >= 11 is 0. The monoisotopic (exact) mass is 441 g/mol. The van der Waals surface area contributed by atoms with Crippen LogP contribution < -0.4 is 5.32 Å². The molecule has 2 aliphatic heterocycles. The van der Waals surface area contributed by atoms with Crippen LogP contribution >= 0.6 is 0 Å². The zero-order valence-corrected chi connectivity index (χ0v) is 20.1. The van der Waals surface area contributed by atoms with Crippen molar-refractivity contribution in [3.63, 3.8) is 0 Å².